The SMILES string of the molecule is CCN(CC)CCCC(C)Nc1ncccc1C(=O)c1ccc(Cl)cc1. The highest BCUT2D eigenvalue weighted by Gasteiger charge is 2.16. The van der Waals surface area contributed by atoms with Gasteiger partial charge in [-0.1, -0.05) is 25.4 Å². The molecule has 0 aliphatic carbocycles. The lowest BCUT2D eigenvalue weighted by Crippen LogP contribution is -2.26. The van der Waals surface area contributed by atoms with Crippen LogP contribution in [-0.2, 0) is 0 Å². The van der Waals surface area contributed by atoms with Crippen molar-refractivity contribution in [2.24, 2.45) is 0 Å². The van der Waals surface area contributed by atoms with E-state index in [0.29, 0.717) is 22.0 Å². The summed E-state index contributed by atoms with van der Waals surface area (Å²) in [5.74, 6) is 0.593. The molecule has 1 atom stereocenters. The van der Waals surface area contributed by atoms with Crippen LogP contribution in [0, 0.1) is 0 Å². The maximum absolute atomic E-state index is 12.8. The monoisotopic (exact) mass is 373 g/mol. The second kappa shape index (κ2) is 10.3. The molecule has 1 N–H and O–H groups in total. The molecule has 0 aliphatic heterocycles. The van der Waals surface area contributed by atoms with Gasteiger partial charge in [-0.3, -0.25) is 4.79 Å². The van der Waals surface area contributed by atoms with E-state index in [9.17, 15) is 4.79 Å². The van der Waals surface area contributed by atoms with Gasteiger partial charge in [0, 0.05) is 22.8 Å². The fraction of sp³-hybridized carbons (Fsp3) is 0.429. The summed E-state index contributed by atoms with van der Waals surface area (Å²) in [4.78, 5) is 19.6. The van der Waals surface area contributed by atoms with Gasteiger partial charge >= 0.3 is 0 Å². The van der Waals surface area contributed by atoms with E-state index in [1.165, 1.54) is 0 Å². The van der Waals surface area contributed by atoms with Crippen molar-refractivity contribution in [1.29, 1.82) is 0 Å². The average molecular weight is 374 g/mol. The lowest BCUT2D eigenvalue weighted by atomic mass is 10.0. The summed E-state index contributed by atoms with van der Waals surface area (Å²) in [5, 5.41) is 4.02. The third-order valence-corrected chi connectivity index (χ3v) is 4.80. The highest BCUT2D eigenvalue weighted by atomic mass is 35.5. The van der Waals surface area contributed by atoms with Crippen molar-refractivity contribution in [3.8, 4) is 0 Å². The lowest BCUT2D eigenvalue weighted by molar-refractivity contribution is 0.103. The number of nitrogens with zero attached hydrogens (tertiary/aromatic N) is 2. The van der Waals surface area contributed by atoms with Gasteiger partial charge in [-0.25, -0.2) is 4.98 Å². The Morgan fingerprint density at radius 1 is 1.19 bits per heavy atom. The number of carbonyl (C=O) groups excluding carboxylic acids is 1. The van der Waals surface area contributed by atoms with Gasteiger partial charge in [0.25, 0.3) is 0 Å². The van der Waals surface area contributed by atoms with Crippen molar-refractivity contribution < 1.29 is 4.79 Å². The quantitative estimate of drug-likeness (QED) is 0.602. The molecular weight excluding hydrogens is 346 g/mol. The van der Waals surface area contributed by atoms with E-state index in [0.717, 1.165) is 32.5 Å². The second-order valence-corrected chi connectivity index (χ2v) is 6.89. The van der Waals surface area contributed by atoms with E-state index < -0.39 is 0 Å². The van der Waals surface area contributed by atoms with Gasteiger partial charge < -0.3 is 10.2 Å². The van der Waals surface area contributed by atoms with E-state index >= 15 is 0 Å². The van der Waals surface area contributed by atoms with Gasteiger partial charge in [-0.2, -0.15) is 0 Å². The zero-order valence-corrected chi connectivity index (χ0v) is 16.6. The van der Waals surface area contributed by atoms with Crippen molar-refractivity contribution in [2.45, 2.75) is 39.7 Å². The van der Waals surface area contributed by atoms with Crippen LogP contribution in [0.15, 0.2) is 42.6 Å². The van der Waals surface area contributed by atoms with Crippen molar-refractivity contribution in [2.75, 3.05) is 25.0 Å². The minimum absolute atomic E-state index is 0.0485. The summed E-state index contributed by atoms with van der Waals surface area (Å²) in [7, 11) is 0. The summed E-state index contributed by atoms with van der Waals surface area (Å²) < 4.78 is 0. The number of ketones is 1. The van der Waals surface area contributed by atoms with E-state index in [4.69, 9.17) is 11.6 Å². The number of rotatable bonds is 10. The van der Waals surface area contributed by atoms with Crippen LogP contribution in [0.25, 0.3) is 0 Å². The molecule has 1 heterocycles. The predicted octanol–water partition coefficient (Wildman–Crippen LogP) is 4.89. The Hall–Kier alpha value is -1.91. The van der Waals surface area contributed by atoms with E-state index in [-0.39, 0.29) is 11.8 Å². The summed E-state index contributed by atoms with van der Waals surface area (Å²) in [6.07, 6.45) is 3.86. The van der Waals surface area contributed by atoms with Gasteiger partial charge in [0.1, 0.15) is 5.82 Å². The molecule has 0 spiro atoms. The van der Waals surface area contributed by atoms with Crippen LogP contribution in [-0.4, -0.2) is 41.3 Å². The standard InChI is InChI=1S/C21H28ClN3O/c1-4-25(5-2)15-7-8-16(3)24-21-19(9-6-14-23-21)20(26)17-10-12-18(22)13-11-17/h6,9-14,16H,4-5,7-8,15H2,1-3H3,(H,23,24). The minimum Gasteiger partial charge on any atom is -0.367 e. The highest BCUT2D eigenvalue weighted by molar-refractivity contribution is 6.30. The molecule has 0 radical (unpaired) electrons. The Bertz CT molecular complexity index is 699. The number of carbonyl (C=O) groups is 1. The maximum Gasteiger partial charge on any atom is 0.196 e. The molecule has 0 fully saturated rings. The number of hydrogen-bond donors (Lipinski definition) is 1. The summed E-state index contributed by atoms with van der Waals surface area (Å²) in [5.41, 5.74) is 1.20. The predicted molar refractivity (Wildman–Crippen MR) is 109 cm³/mol. The summed E-state index contributed by atoms with van der Waals surface area (Å²) in [6, 6.07) is 10.8. The first-order valence-corrected chi connectivity index (χ1v) is 9.67. The molecule has 2 rings (SSSR count). The molecule has 4 nitrogen and oxygen atoms in total. The van der Waals surface area contributed by atoms with Crippen LogP contribution >= 0.6 is 11.6 Å². The van der Waals surface area contributed by atoms with Gasteiger partial charge in [0.2, 0.25) is 0 Å². The smallest absolute Gasteiger partial charge is 0.196 e. The zero-order valence-electron chi connectivity index (χ0n) is 15.8. The first-order valence-electron chi connectivity index (χ1n) is 9.29. The van der Waals surface area contributed by atoms with Gasteiger partial charge in [0.15, 0.2) is 5.78 Å². The summed E-state index contributed by atoms with van der Waals surface area (Å²) >= 11 is 5.91. The van der Waals surface area contributed by atoms with Crippen LogP contribution in [0.2, 0.25) is 5.02 Å². The van der Waals surface area contributed by atoms with Crippen molar-refractivity contribution in [1.82, 2.24) is 9.88 Å². The van der Waals surface area contributed by atoms with Crippen molar-refractivity contribution in [3.05, 3.63) is 58.7 Å². The number of nitrogens with one attached hydrogen (secondary N) is 1. The largest absolute Gasteiger partial charge is 0.367 e. The van der Waals surface area contributed by atoms with E-state index in [1.807, 2.05) is 6.07 Å². The van der Waals surface area contributed by atoms with Crippen molar-refractivity contribution in [3.63, 3.8) is 0 Å². The lowest BCUT2D eigenvalue weighted by Gasteiger charge is -2.20. The number of aromatic nitrogens is 1. The molecule has 1 unspecified atom stereocenters. The Balaban J connectivity index is 2.02. The third-order valence-electron chi connectivity index (χ3n) is 4.55. The van der Waals surface area contributed by atoms with Gasteiger partial charge in [0.05, 0.1) is 5.56 Å². The molecule has 0 saturated heterocycles. The van der Waals surface area contributed by atoms with Crippen LogP contribution in [0.4, 0.5) is 5.82 Å². The van der Waals surface area contributed by atoms with E-state index in [2.05, 4.69) is 36.0 Å². The Morgan fingerprint density at radius 2 is 1.88 bits per heavy atom. The number of pyridine rings is 1. The summed E-state index contributed by atoms with van der Waals surface area (Å²) in [6.45, 7) is 9.77. The highest BCUT2D eigenvalue weighted by Crippen LogP contribution is 2.20. The zero-order chi connectivity index (χ0) is 18.9. The second-order valence-electron chi connectivity index (χ2n) is 6.45. The molecule has 1 aromatic carbocycles. The van der Waals surface area contributed by atoms with Crippen LogP contribution in [0.1, 0.15) is 49.5 Å². The maximum atomic E-state index is 12.8. The molecule has 0 bridgehead atoms. The molecule has 1 aromatic heterocycles. The number of anilines is 1. The van der Waals surface area contributed by atoms with Crippen molar-refractivity contribution >= 4 is 23.2 Å². The Morgan fingerprint density at radius 3 is 2.54 bits per heavy atom. The average Bonchev–Trinajstić information content (AvgIpc) is 2.66. The molecule has 140 valence electrons. The van der Waals surface area contributed by atoms with Gasteiger partial charge in [-0.05, 0) is 75.8 Å². The molecule has 2 aromatic rings. The molecule has 0 amide bonds. The first kappa shape index (κ1) is 20.4. The number of halogens is 1. The van der Waals surface area contributed by atoms with Crippen LogP contribution in [0.5, 0.6) is 0 Å². The van der Waals surface area contributed by atoms with Crippen LogP contribution < -0.4 is 5.32 Å². The normalized spacial score (nSPS) is 12.2. The van der Waals surface area contributed by atoms with E-state index in [1.54, 1.807) is 36.5 Å². The molecule has 0 saturated carbocycles. The number of hydrogen-bond acceptors (Lipinski definition) is 4. The molecule has 5 heteroatoms. The third kappa shape index (κ3) is 5.82. The fourth-order valence-electron chi connectivity index (χ4n) is 2.93. The molecule has 26 heavy (non-hydrogen) atoms. The topological polar surface area (TPSA) is 45.2 Å². The van der Waals surface area contributed by atoms with Gasteiger partial charge in [-0.15, -0.1) is 0 Å². The van der Waals surface area contributed by atoms with Crippen LogP contribution in [0.3, 0.4) is 0 Å². The molecule has 0 aliphatic rings. The Labute approximate surface area is 161 Å². The first-order chi connectivity index (χ1) is 12.5. The minimum atomic E-state index is -0.0485. The Kier molecular flexibility index (Phi) is 8.07. The fourth-order valence-corrected chi connectivity index (χ4v) is 3.05. The molecular formula is C21H28ClN3O. The number of benzene rings is 1.